The van der Waals surface area contributed by atoms with Crippen molar-refractivity contribution in [1.29, 1.82) is 0 Å². The third-order valence-electron chi connectivity index (χ3n) is 5.31. The molecule has 4 heteroatoms. The lowest BCUT2D eigenvalue weighted by Crippen LogP contribution is -2.27. The van der Waals surface area contributed by atoms with Gasteiger partial charge in [0.2, 0.25) is 0 Å². The molecule has 0 fully saturated rings. The first-order chi connectivity index (χ1) is 13.7. The van der Waals surface area contributed by atoms with Crippen molar-refractivity contribution < 1.29 is 0 Å². The smallest absolute Gasteiger partial charge is 0.0737 e. The van der Waals surface area contributed by atoms with E-state index < -0.39 is 0 Å². The number of nitrogens with zero attached hydrogens (tertiary/aromatic N) is 2. The van der Waals surface area contributed by atoms with Crippen LogP contribution in [0.3, 0.4) is 0 Å². The molecule has 0 unspecified atom stereocenters. The summed E-state index contributed by atoms with van der Waals surface area (Å²) in [5.41, 5.74) is 3.42. The molecule has 0 aliphatic carbocycles. The largest absolute Gasteiger partial charge is 0.381 e. The van der Waals surface area contributed by atoms with E-state index in [9.17, 15) is 0 Å². The predicted molar refractivity (Wildman–Crippen MR) is 121 cm³/mol. The van der Waals surface area contributed by atoms with Crippen LogP contribution in [0, 0.1) is 0 Å². The van der Waals surface area contributed by atoms with E-state index in [2.05, 4.69) is 71.5 Å². The molecule has 0 aliphatic heterocycles. The molecule has 1 atom stereocenters. The molecule has 0 aliphatic rings. The summed E-state index contributed by atoms with van der Waals surface area (Å²) in [6, 6.07) is 19.1. The van der Waals surface area contributed by atoms with Crippen molar-refractivity contribution in [2.24, 2.45) is 0 Å². The van der Waals surface area contributed by atoms with E-state index in [1.165, 1.54) is 12.0 Å². The highest BCUT2D eigenvalue weighted by Crippen LogP contribution is 2.26. The van der Waals surface area contributed by atoms with E-state index in [-0.39, 0.29) is 0 Å². The second kappa shape index (κ2) is 10.4. The molecule has 3 nitrogen and oxygen atoms in total. The number of aromatic nitrogens is 1. The normalized spacial score (nSPS) is 12.4. The van der Waals surface area contributed by atoms with E-state index >= 15 is 0 Å². The number of benzene rings is 2. The van der Waals surface area contributed by atoms with Crippen molar-refractivity contribution in [1.82, 2.24) is 9.88 Å². The van der Waals surface area contributed by atoms with Gasteiger partial charge in [-0.05, 0) is 68.7 Å². The summed E-state index contributed by atoms with van der Waals surface area (Å²) < 4.78 is 0. The SMILES string of the molecule is CCN(CC)CCC[C@H](Cc1ccccc1)Nc1ccnc2cc(Cl)ccc12. The minimum atomic E-state index is 0.374. The number of fused-ring (bicyclic) bond motifs is 1. The summed E-state index contributed by atoms with van der Waals surface area (Å²) in [5, 5.41) is 5.64. The maximum absolute atomic E-state index is 6.14. The lowest BCUT2D eigenvalue weighted by Gasteiger charge is -2.23. The molecular formula is C24H30ClN3. The van der Waals surface area contributed by atoms with Crippen LogP contribution < -0.4 is 5.32 Å². The zero-order chi connectivity index (χ0) is 19.8. The third-order valence-corrected chi connectivity index (χ3v) is 5.55. The maximum atomic E-state index is 6.14. The molecule has 0 saturated heterocycles. The summed E-state index contributed by atoms with van der Waals surface area (Å²) in [6.45, 7) is 7.84. The van der Waals surface area contributed by atoms with Crippen LogP contribution in [-0.2, 0) is 6.42 Å². The molecule has 2 aromatic carbocycles. The van der Waals surface area contributed by atoms with Crippen LogP contribution in [0.5, 0.6) is 0 Å². The molecule has 148 valence electrons. The van der Waals surface area contributed by atoms with Gasteiger partial charge in [0.25, 0.3) is 0 Å². The Hall–Kier alpha value is -2.10. The topological polar surface area (TPSA) is 28.2 Å². The molecule has 0 amide bonds. The summed E-state index contributed by atoms with van der Waals surface area (Å²) in [5.74, 6) is 0. The van der Waals surface area contributed by atoms with Crippen LogP contribution in [0.1, 0.15) is 32.3 Å². The van der Waals surface area contributed by atoms with E-state index in [1.807, 2.05) is 18.3 Å². The zero-order valence-corrected chi connectivity index (χ0v) is 17.6. The molecule has 28 heavy (non-hydrogen) atoms. The Morgan fingerprint density at radius 2 is 1.82 bits per heavy atom. The molecule has 0 radical (unpaired) electrons. The van der Waals surface area contributed by atoms with E-state index in [1.54, 1.807) is 0 Å². The molecular weight excluding hydrogens is 366 g/mol. The minimum absolute atomic E-state index is 0.374. The fourth-order valence-electron chi connectivity index (χ4n) is 3.69. The van der Waals surface area contributed by atoms with Crippen molar-refractivity contribution in [3.05, 3.63) is 71.4 Å². The lowest BCUT2D eigenvalue weighted by molar-refractivity contribution is 0.294. The molecule has 0 bridgehead atoms. The molecule has 0 saturated carbocycles. The minimum Gasteiger partial charge on any atom is -0.381 e. The van der Waals surface area contributed by atoms with Crippen molar-refractivity contribution in [3.8, 4) is 0 Å². The Kier molecular flexibility index (Phi) is 7.70. The number of hydrogen-bond donors (Lipinski definition) is 1. The highest BCUT2D eigenvalue weighted by molar-refractivity contribution is 6.31. The van der Waals surface area contributed by atoms with E-state index in [0.717, 1.165) is 54.1 Å². The highest BCUT2D eigenvalue weighted by Gasteiger charge is 2.13. The first-order valence-electron chi connectivity index (χ1n) is 10.3. The molecule has 3 aromatic rings. The monoisotopic (exact) mass is 395 g/mol. The number of halogens is 1. The van der Waals surface area contributed by atoms with Gasteiger partial charge in [-0.2, -0.15) is 0 Å². The average molecular weight is 396 g/mol. The van der Waals surface area contributed by atoms with Gasteiger partial charge in [0.05, 0.1) is 5.52 Å². The van der Waals surface area contributed by atoms with Crippen molar-refractivity contribution in [2.75, 3.05) is 25.0 Å². The molecule has 0 spiro atoms. The summed E-state index contributed by atoms with van der Waals surface area (Å²) in [4.78, 5) is 6.96. The number of anilines is 1. The van der Waals surface area contributed by atoms with Gasteiger partial charge in [0, 0.05) is 28.3 Å². The zero-order valence-electron chi connectivity index (χ0n) is 16.9. The predicted octanol–water partition coefficient (Wildman–Crippen LogP) is 6.03. The Bertz CT molecular complexity index is 862. The maximum Gasteiger partial charge on any atom is 0.0737 e. The van der Waals surface area contributed by atoms with Crippen molar-refractivity contribution in [2.45, 2.75) is 39.2 Å². The first-order valence-corrected chi connectivity index (χ1v) is 10.6. The van der Waals surface area contributed by atoms with E-state index in [4.69, 9.17) is 11.6 Å². The number of nitrogens with one attached hydrogen (secondary N) is 1. The van der Waals surface area contributed by atoms with Gasteiger partial charge < -0.3 is 10.2 Å². The summed E-state index contributed by atoms with van der Waals surface area (Å²) >= 11 is 6.14. The standard InChI is InChI=1S/C24H30ClN3/c1-3-28(4-2)16-8-11-21(17-19-9-6-5-7-10-19)27-23-14-15-26-24-18-20(25)12-13-22(23)24/h5-7,9-10,12-15,18,21H,3-4,8,11,16-17H2,1-2H3,(H,26,27)/t21-/m1/s1. The van der Waals surface area contributed by atoms with Gasteiger partial charge >= 0.3 is 0 Å². The Morgan fingerprint density at radius 1 is 1.04 bits per heavy atom. The fourth-order valence-corrected chi connectivity index (χ4v) is 3.86. The summed E-state index contributed by atoms with van der Waals surface area (Å²) in [6.07, 6.45) is 5.18. The van der Waals surface area contributed by atoms with Gasteiger partial charge in [0.1, 0.15) is 0 Å². The number of rotatable bonds is 10. The Labute approximate surface area is 173 Å². The van der Waals surface area contributed by atoms with Gasteiger partial charge in [-0.25, -0.2) is 0 Å². The van der Waals surface area contributed by atoms with Gasteiger partial charge in [-0.3, -0.25) is 4.98 Å². The van der Waals surface area contributed by atoms with Crippen LogP contribution in [-0.4, -0.2) is 35.6 Å². The second-order valence-electron chi connectivity index (χ2n) is 7.22. The van der Waals surface area contributed by atoms with Crippen LogP contribution in [0.2, 0.25) is 5.02 Å². The quantitative estimate of drug-likeness (QED) is 0.454. The van der Waals surface area contributed by atoms with Gasteiger partial charge in [-0.15, -0.1) is 0 Å². The van der Waals surface area contributed by atoms with E-state index in [0.29, 0.717) is 6.04 Å². The average Bonchev–Trinajstić information content (AvgIpc) is 2.72. The Balaban J connectivity index is 1.76. The molecule has 1 N–H and O–H groups in total. The van der Waals surface area contributed by atoms with Crippen LogP contribution in [0.25, 0.3) is 10.9 Å². The number of hydrogen-bond acceptors (Lipinski definition) is 3. The van der Waals surface area contributed by atoms with Gasteiger partial charge in [-0.1, -0.05) is 55.8 Å². The van der Waals surface area contributed by atoms with Crippen LogP contribution in [0.4, 0.5) is 5.69 Å². The first kappa shape index (κ1) is 20.6. The lowest BCUT2D eigenvalue weighted by atomic mass is 10.0. The van der Waals surface area contributed by atoms with Crippen molar-refractivity contribution >= 4 is 28.2 Å². The highest BCUT2D eigenvalue weighted by atomic mass is 35.5. The third kappa shape index (κ3) is 5.70. The van der Waals surface area contributed by atoms with Crippen LogP contribution in [0.15, 0.2) is 60.8 Å². The number of pyridine rings is 1. The molecule has 3 rings (SSSR count). The van der Waals surface area contributed by atoms with Crippen molar-refractivity contribution in [3.63, 3.8) is 0 Å². The molecule has 1 heterocycles. The summed E-state index contributed by atoms with van der Waals surface area (Å²) in [7, 11) is 0. The van der Waals surface area contributed by atoms with Gasteiger partial charge in [0.15, 0.2) is 0 Å². The second-order valence-corrected chi connectivity index (χ2v) is 7.66. The van der Waals surface area contributed by atoms with Crippen LogP contribution >= 0.6 is 11.6 Å². The Morgan fingerprint density at radius 3 is 2.57 bits per heavy atom. The molecule has 1 aromatic heterocycles. The fraction of sp³-hybridized carbons (Fsp3) is 0.375.